The van der Waals surface area contributed by atoms with Crippen LogP contribution >= 0.6 is 22.6 Å². The first kappa shape index (κ1) is 24.2. The molecule has 1 aromatic carbocycles. The molecule has 9 heteroatoms. The van der Waals surface area contributed by atoms with E-state index in [1.54, 1.807) is 0 Å². The first-order valence-electron chi connectivity index (χ1n) is 10.4. The lowest BCUT2D eigenvalue weighted by molar-refractivity contribution is -0.137. The number of piperazine rings is 1. The number of rotatable bonds is 7. The fourth-order valence-corrected chi connectivity index (χ4v) is 4.63. The second-order valence-electron chi connectivity index (χ2n) is 7.92. The highest BCUT2D eigenvalue weighted by molar-refractivity contribution is 14.1. The lowest BCUT2D eigenvalue weighted by atomic mass is 9.82. The zero-order valence-corrected chi connectivity index (χ0v) is 19.4. The third kappa shape index (κ3) is 6.76. The van der Waals surface area contributed by atoms with E-state index in [9.17, 15) is 23.1 Å². The molecule has 170 valence electrons. The van der Waals surface area contributed by atoms with Crippen LogP contribution in [0.15, 0.2) is 40.6 Å². The monoisotopic (exact) mass is 549 g/mol. The van der Waals surface area contributed by atoms with Gasteiger partial charge in [0.2, 0.25) is 0 Å². The number of hydrogen-bond donors (Lipinski definition) is 1. The predicted molar refractivity (Wildman–Crippen MR) is 123 cm³/mol. The van der Waals surface area contributed by atoms with E-state index in [2.05, 4.69) is 37.4 Å². The first-order chi connectivity index (χ1) is 14.8. The molecule has 1 atom stereocenters. The summed E-state index contributed by atoms with van der Waals surface area (Å²) >= 11 is 2.39. The number of allylic oxidation sites excluding steroid dienone is 2. The molecule has 0 saturated carbocycles. The van der Waals surface area contributed by atoms with Gasteiger partial charge >= 0.3 is 6.18 Å². The lowest BCUT2D eigenvalue weighted by Crippen LogP contribution is -2.47. The van der Waals surface area contributed by atoms with Crippen molar-refractivity contribution in [3.63, 3.8) is 0 Å². The molecule has 0 amide bonds. The lowest BCUT2D eigenvalue weighted by Gasteiger charge is -2.34. The molecular weight excluding hydrogens is 522 g/mol. The van der Waals surface area contributed by atoms with E-state index in [-0.39, 0.29) is 35.9 Å². The second-order valence-corrected chi connectivity index (χ2v) is 8.99. The Kier molecular flexibility index (Phi) is 8.51. The number of halogens is 4. The zero-order valence-electron chi connectivity index (χ0n) is 17.2. The molecule has 1 aromatic rings. The van der Waals surface area contributed by atoms with Crippen molar-refractivity contribution in [1.29, 1.82) is 0 Å². The maximum atomic E-state index is 12.7. The Labute approximate surface area is 194 Å². The fraction of sp³-hybridized carbons (Fsp3) is 0.545. The van der Waals surface area contributed by atoms with Crippen molar-refractivity contribution in [2.45, 2.75) is 24.9 Å². The summed E-state index contributed by atoms with van der Waals surface area (Å²) in [4.78, 5) is 21.6. The SMILES string of the molecule is O=C1CC(c2ccc(C(F)(F)F)cc2)CC(O)=C1C=NCCN1CCN(CCI)CC1. The normalized spacial score (nSPS) is 21.9. The van der Waals surface area contributed by atoms with Crippen LogP contribution in [0, 0.1) is 0 Å². The van der Waals surface area contributed by atoms with Crippen LogP contribution in [0.5, 0.6) is 0 Å². The largest absolute Gasteiger partial charge is 0.511 e. The molecular formula is C22H27F3IN3O2. The van der Waals surface area contributed by atoms with Gasteiger partial charge in [-0.2, -0.15) is 13.2 Å². The van der Waals surface area contributed by atoms with Crippen LogP contribution in [0.25, 0.3) is 0 Å². The average Bonchev–Trinajstić information content (AvgIpc) is 2.73. The Balaban J connectivity index is 1.52. The van der Waals surface area contributed by atoms with Crippen molar-refractivity contribution < 1.29 is 23.1 Å². The van der Waals surface area contributed by atoms with Crippen LogP contribution in [0.4, 0.5) is 13.2 Å². The summed E-state index contributed by atoms with van der Waals surface area (Å²) in [6.45, 7) is 6.62. The Bertz CT molecular complexity index is 816. The standard InChI is InChI=1S/C22H27F3IN3O2/c23-22(24,25)18-3-1-16(2-4-18)17-13-20(30)19(21(31)14-17)15-27-6-8-29-11-9-28(7-5-26)10-12-29/h1-4,15,17,30H,5-14H2. The molecule has 1 aliphatic heterocycles. The van der Waals surface area contributed by atoms with Gasteiger partial charge in [0.1, 0.15) is 5.76 Å². The average molecular weight is 549 g/mol. The number of Topliss-reactive ketones (excluding diaryl/α,β-unsaturated/α-hetero) is 1. The van der Waals surface area contributed by atoms with Crippen LogP contribution < -0.4 is 0 Å². The number of aliphatic imine (C=N–C) groups is 1. The maximum Gasteiger partial charge on any atom is 0.416 e. The Morgan fingerprint density at radius 2 is 1.68 bits per heavy atom. The molecule has 0 aromatic heterocycles. The van der Waals surface area contributed by atoms with Crippen molar-refractivity contribution in [1.82, 2.24) is 9.80 Å². The summed E-state index contributed by atoms with van der Waals surface area (Å²) in [6, 6.07) is 4.79. The minimum absolute atomic E-state index is 0.0442. The highest BCUT2D eigenvalue weighted by atomic mass is 127. The topological polar surface area (TPSA) is 56.1 Å². The number of carbonyl (C=O) groups excluding carboxylic acids is 1. The van der Waals surface area contributed by atoms with Gasteiger partial charge in [0.15, 0.2) is 5.78 Å². The van der Waals surface area contributed by atoms with Gasteiger partial charge in [-0.15, -0.1) is 0 Å². The second kappa shape index (κ2) is 10.9. The van der Waals surface area contributed by atoms with Gasteiger partial charge in [-0.3, -0.25) is 14.7 Å². The fourth-order valence-electron chi connectivity index (χ4n) is 3.95. The summed E-state index contributed by atoms with van der Waals surface area (Å²) in [6.07, 6.45) is -2.57. The maximum absolute atomic E-state index is 12.7. The molecule has 1 fully saturated rings. The summed E-state index contributed by atoms with van der Waals surface area (Å²) in [5, 5.41) is 10.4. The van der Waals surface area contributed by atoms with Crippen LogP contribution in [-0.4, -0.2) is 77.1 Å². The number of aliphatic hydroxyl groups excluding tert-OH is 1. The van der Waals surface area contributed by atoms with Crippen molar-refractivity contribution in [2.24, 2.45) is 4.99 Å². The van der Waals surface area contributed by atoms with Crippen molar-refractivity contribution in [3.05, 3.63) is 46.7 Å². The third-order valence-electron chi connectivity index (χ3n) is 5.82. The first-order valence-corrected chi connectivity index (χ1v) is 11.9. The number of carbonyl (C=O) groups is 1. The van der Waals surface area contributed by atoms with Gasteiger partial charge < -0.3 is 10.0 Å². The van der Waals surface area contributed by atoms with E-state index in [1.807, 2.05) is 0 Å². The number of hydrogen-bond acceptors (Lipinski definition) is 5. The molecule has 2 aliphatic rings. The van der Waals surface area contributed by atoms with Crippen LogP contribution in [-0.2, 0) is 11.0 Å². The van der Waals surface area contributed by atoms with Crippen molar-refractivity contribution >= 4 is 34.6 Å². The minimum Gasteiger partial charge on any atom is -0.511 e. The molecule has 0 radical (unpaired) electrons. The van der Waals surface area contributed by atoms with Gasteiger partial charge in [-0.1, -0.05) is 34.7 Å². The van der Waals surface area contributed by atoms with Crippen LogP contribution in [0.1, 0.15) is 29.9 Å². The molecule has 5 nitrogen and oxygen atoms in total. The highest BCUT2D eigenvalue weighted by Gasteiger charge is 2.32. The van der Waals surface area contributed by atoms with E-state index in [4.69, 9.17) is 0 Å². The van der Waals surface area contributed by atoms with E-state index in [0.29, 0.717) is 12.1 Å². The summed E-state index contributed by atoms with van der Waals surface area (Å²) < 4.78 is 39.3. The third-order valence-corrected chi connectivity index (χ3v) is 6.31. The van der Waals surface area contributed by atoms with E-state index in [1.165, 1.54) is 18.3 Å². The Hall–Kier alpha value is -1.46. The van der Waals surface area contributed by atoms with Crippen LogP contribution in [0.3, 0.4) is 0 Å². The number of aliphatic hydroxyl groups is 1. The molecule has 1 saturated heterocycles. The highest BCUT2D eigenvalue weighted by Crippen LogP contribution is 2.35. The molecule has 3 rings (SSSR count). The van der Waals surface area contributed by atoms with E-state index >= 15 is 0 Å². The molecule has 1 heterocycles. The quantitative estimate of drug-likeness (QED) is 0.317. The number of benzene rings is 1. The van der Waals surface area contributed by atoms with Gasteiger partial charge in [0.05, 0.1) is 17.7 Å². The molecule has 1 aliphatic carbocycles. The molecule has 31 heavy (non-hydrogen) atoms. The van der Waals surface area contributed by atoms with Crippen molar-refractivity contribution in [2.75, 3.05) is 50.2 Å². The number of ketones is 1. The molecule has 0 spiro atoms. The Morgan fingerprint density at radius 1 is 1.06 bits per heavy atom. The van der Waals surface area contributed by atoms with E-state index in [0.717, 1.165) is 55.8 Å². The summed E-state index contributed by atoms with van der Waals surface area (Å²) in [7, 11) is 0. The summed E-state index contributed by atoms with van der Waals surface area (Å²) in [5.41, 5.74) is 0.109. The number of alkyl halides is 4. The van der Waals surface area contributed by atoms with Gasteiger partial charge in [0.25, 0.3) is 0 Å². The minimum atomic E-state index is -4.39. The smallest absolute Gasteiger partial charge is 0.416 e. The van der Waals surface area contributed by atoms with Gasteiger partial charge in [-0.25, -0.2) is 0 Å². The van der Waals surface area contributed by atoms with Gasteiger partial charge in [-0.05, 0) is 23.6 Å². The molecule has 1 N–H and O–H groups in total. The van der Waals surface area contributed by atoms with Crippen molar-refractivity contribution in [3.8, 4) is 0 Å². The van der Waals surface area contributed by atoms with E-state index < -0.39 is 11.7 Å². The number of nitrogens with zero attached hydrogens (tertiary/aromatic N) is 3. The zero-order chi connectivity index (χ0) is 22.4. The Morgan fingerprint density at radius 3 is 2.23 bits per heavy atom. The predicted octanol–water partition coefficient (Wildman–Crippen LogP) is 4.09. The van der Waals surface area contributed by atoms with Crippen LogP contribution in [0.2, 0.25) is 0 Å². The molecule has 1 unspecified atom stereocenters. The summed E-state index contributed by atoms with van der Waals surface area (Å²) in [5.74, 6) is -0.604. The van der Waals surface area contributed by atoms with Gasteiger partial charge in [0, 0.05) is 62.8 Å². The molecule has 0 bridgehead atoms.